The van der Waals surface area contributed by atoms with Crippen LogP contribution in [0.25, 0.3) is 65.9 Å². The smallest absolute Gasteiger partial charge is 0.0525 e. The molecule has 6 aliphatic rings. The normalized spacial score (nSPS) is 17.4. The van der Waals surface area contributed by atoms with E-state index in [0.29, 0.717) is 0 Å². The van der Waals surface area contributed by atoms with E-state index in [2.05, 4.69) is 192 Å². The monoisotopic (exact) mass is 1330 g/mol. The van der Waals surface area contributed by atoms with E-state index >= 15 is 0 Å². The number of hydrogen-bond acceptors (Lipinski definition) is 2. The Morgan fingerprint density at radius 1 is 0.235 bits per heavy atom. The van der Waals surface area contributed by atoms with E-state index in [-0.39, 0.29) is 0 Å². The second kappa shape index (κ2) is 29.6. The van der Waals surface area contributed by atoms with E-state index in [1.54, 1.807) is 0 Å². The molecule has 0 N–H and O–H groups in total. The minimum Gasteiger partial charge on any atom is -0.310 e. The lowest BCUT2D eigenvalue weighted by molar-refractivity contribution is 0.338. The van der Waals surface area contributed by atoms with Gasteiger partial charge in [-0.15, -0.1) is 0 Å². The molecule has 0 atom stereocenters. The first-order valence-corrected chi connectivity index (χ1v) is 40.3. The first kappa shape index (κ1) is 66.5. The van der Waals surface area contributed by atoms with E-state index < -0.39 is 0 Å². The summed E-state index contributed by atoms with van der Waals surface area (Å²) >= 11 is 0. The molecule has 4 fully saturated rings. The number of para-hydroxylation sites is 2. The Hall–Kier alpha value is -8.72. The van der Waals surface area contributed by atoms with E-state index in [4.69, 9.17) is 26.3 Å². The standard InChI is InChI=1S/C100H106N2/c1-67-87-63-83(59-75-39-21-9-22-40-75)91-93-85(61-77-43-25-11-26-44-77)65-89-69(3)102(100-81(57-53-73-35-17-7-18-36-73)49-30-50-82(100)58-54-74-37-19-8-20-38-74)70(4)90-66-86(62-78-45-27-12-28-46-78)94(98(93)96(89)90)92-84(60-76-41-23-10-24-42-76)64-88(95(87)97(91)92)68(2)101(67)99-79(55-51-71-31-13-5-14-32-71)47-29-48-80(99)56-52-72-33-15-6-16-34-72/h9-12,21-30,39-50,63-66,71-74H,1-8,13-20,31-38,51-62H2. The summed E-state index contributed by atoms with van der Waals surface area (Å²) in [5, 5.41) is 10.8. The molecule has 102 heavy (non-hydrogen) atoms. The Bertz CT molecular complexity index is 4300. The average Bonchev–Trinajstić information content (AvgIpc) is 0.671. The van der Waals surface area contributed by atoms with Gasteiger partial charge < -0.3 is 9.80 Å². The van der Waals surface area contributed by atoms with Crippen molar-refractivity contribution in [1.82, 2.24) is 0 Å². The number of aryl methyl sites for hydroxylation is 4. The fraction of sp³-hybridized carbons (Fsp3) is 0.360. The van der Waals surface area contributed by atoms with Crippen LogP contribution < -0.4 is 9.80 Å². The van der Waals surface area contributed by atoms with Gasteiger partial charge in [-0.05, 0) is 224 Å². The van der Waals surface area contributed by atoms with Crippen LogP contribution >= 0.6 is 0 Å². The van der Waals surface area contributed by atoms with E-state index in [9.17, 15) is 0 Å². The third-order valence-electron chi connectivity index (χ3n) is 25.9. The number of fused-ring (bicyclic) bond motifs is 2. The summed E-state index contributed by atoms with van der Waals surface area (Å²) in [6, 6.07) is 70.8. The number of hydrogen-bond donors (Lipinski definition) is 0. The number of nitrogens with zero attached hydrogens (tertiary/aromatic N) is 2. The Morgan fingerprint density at radius 3 is 0.686 bits per heavy atom. The van der Waals surface area contributed by atoms with Crippen molar-refractivity contribution in [3.8, 4) is 0 Å². The van der Waals surface area contributed by atoms with Crippen molar-refractivity contribution >= 4 is 77.3 Å². The molecular weight excluding hydrogens is 1230 g/mol. The summed E-state index contributed by atoms with van der Waals surface area (Å²) < 4.78 is 0. The highest BCUT2D eigenvalue weighted by Gasteiger charge is 2.38. The topological polar surface area (TPSA) is 6.48 Å². The maximum absolute atomic E-state index is 5.41. The molecule has 2 heterocycles. The lowest BCUT2D eigenvalue weighted by atomic mass is 9.74. The molecule has 2 nitrogen and oxygen atoms in total. The van der Waals surface area contributed by atoms with Crippen molar-refractivity contribution < 1.29 is 0 Å². The van der Waals surface area contributed by atoms with Gasteiger partial charge in [-0.25, -0.2) is 0 Å². The van der Waals surface area contributed by atoms with Crippen LogP contribution in [-0.4, -0.2) is 0 Å². The summed E-state index contributed by atoms with van der Waals surface area (Å²) in [6.45, 7) is 21.7. The van der Waals surface area contributed by atoms with Gasteiger partial charge in [0.05, 0.1) is 11.4 Å². The van der Waals surface area contributed by atoms with E-state index in [0.717, 1.165) is 97.8 Å². The fourth-order valence-electron chi connectivity index (χ4n) is 20.7. The first-order chi connectivity index (χ1) is 50.3. The lowest BCUT2D eigenvalue weighted by Crippen LogP contribution is -2.27. The molecule has 11 aromatic rings. The molecule has 0 spiro atoms. The summed E-state index contributed by atoms with van der Waals surface area (Å²) in [5.41, 5.74) is 28.3. The average molecular weight is 1340 g/mol. The quantitative estimate of drug-likeness (QED) is 0.0493. The van der Waals surface area contributed by atoms with Crippen molar-refractivity contribution in [2.24, 2.45) is 23.7 Å². The molecule has 17 rings (SSSR count). The van der Waals surface area contributed by atoms with Gasteiger partial charge in [-0.2, -0.15) is 0 Å². The van der Waals surface area contributed by atoms with Crippen molar-refractivity contribution in [3.05, 3.63) is 297 Å². The van der Waals surface area contributed by atoms with Crippen LogP contribution in [0.3, 0.4) is 0 Å². The van der Waals surface area contributed by atoms with Crippen LogP contribution in [0.1, 0.15) is 243 Å². The van der Waals surface area contributed by atoms with Gasteiger partial charge in [0.25, 0.3) is 0 Å². The van der Waals surface area contributed by atoms with Gasteiger partial charge in [-0.1, -0.05) is 312 Å². The number of benzene rings is 11. The minimum absolute atomic E-state index is 0.768. The summed E-state index contributed by atoms with van der Waals surface area (Å²) in [4.78, 5) is 5.21. The van der Waals surface area contributed by atoms with Crippen LogP contribution in [0, 0.1) is 23.7 Å². The van der Waals surface area contributed by atoms with Gasteiger partial charge in [0.1, 0.15) is 0 Å². The summed E-state index contributed by atoms with van der Waals surface area (Å²) in [5.74, 6) is 3.10. The second-order valence-corrected chi connectivity index (χ2v) is 32.5. The van der Waals surface area contributed by atoms with Crippen LogP contribution in [0.5, 0.6) is 0 Å². The highest BCUT2D eigenvalue weighted by molar-refractivity contribution is 6.40. The number of anilines is 2. The highest BCUT2D eigenvalue weighted by Crippen LogP contribution is 2.58. The third-order valence-corrected chi connectivity index (χ3v) is 25.9. The van der Waals surface area contributed by atoms with Crippen molar-refractivity contribution in [3.63, 3.8) is 0 Å². The molecule has 2 heteroatoms. The molecule has 2 aliphatic heterocycles. The molecule has 0 radical (unpaired) electrons. The van der Waals surface area contributed by atoms with E-state index in [1.807, 2.05) is 0 Å². The SMILES string of the molecule is C=C1c2cc(Cc3ccccc3)c3c4c(Cc5ccccc5)cc5c6c(cc(Cc7ccccc7)c(c7c(Cc8ccccc8)cc(c2c37)C(=C)N1c1c(CCC2CCCCC2)cccc1CCC1CCCCC1)c64)C(=C)N(c1c(CCC2CCCCC2)cccc1CCC1CCCCC1)C5=C. The zero-order valence-corrected chi connectivity index (χ0v) is 61.0. The molecule has 0 bridgehead atoms. The molecule has 516 valence electrons. The predicted molar refractivity (Wildman–Crippen MR) is 438 cm³/mol. The zero-order chi connectivity index (χ0) is 68.6. The van der Waals surface area contributed by atoms with Crippen molar-refractivity contribution in [1.29, 1.82) is 0 Å². The maximum Gasteiger partial charge on any atom is 0.0525 e. The van der Waals surface area contributed by atoms with E-state index in [1.165, 1.54) is 298 Å². The molecule has 0 amide bonds. The fourth-order valence-corrected chi connectivity index (χ4v) is 20.7. The third kappa shape index (κ3) is 13.0. The maximum atomic E-state index is 5.41. The molecule has 0 saturated heterocycles. The van der Waals surface area contributed by atoms with Crippen molar-refractivity contribution in [2.75, 3.05) is 9.80 Å². The van der Waals surface area contributed by atoms with Crippen LogP contribution in [-0.2, 0) is 51.4 Å². The van der Waals surface area contributed by atoms with Gasteiger partial charge in [0.2, 0.25) is 0 Å². The largest absolute Gasteiger partial charge is 0.310 e. The zero-order valence-electron chi connectivity index (χ0n) is 61.0. The first-order valence-electron chi connectivity index (χ1n) is 40.3. The molecule has 4 aliphatic carbocycles. The summed E-state index contributed by atoms with van der Waals surface area (Å²) in [7, 11) is 0. The lowest BCUT2D eigenvalue weighted by Gasteiger charge is -2.40. The number of rotatable bonds is 22. The minimum atomic E-state index is 0.768. The molecular formula is C100H106N2. The molecule has 4 saturated carbocycles. The molecule has 0 unspecified atom stereocenters. The molecule has 11 aromatic carbocycles. The van der Waals surface area contributed by atoms with Gasteiger partial charge >= 0.3 is 0 Å². The van der Waals surface area contributed by atoms with Gasteiger partial charge in [0, 0.05) is 55.8 Å². The van der Waals surface area contributed by atoms with Gasteiger partial charge in [-0.3, -0.25) is 0 Å². The second-order valence-electron chi connectivity index (χ2n) is 32.5. The molecule has 0 aromatic heterocycles. The Balaban J connectivity index is 0.951. The Morgan fingerprint density at radius 2 is 0.461 bits per heavy atom. The van der Waals surface area contributed by atoms with Gasteiger partial charge in [0.15, 0.2) is 0 Å². The van der Waals surface area contributed by atoms with Crippen LogP contribution in [0.2, 0.25) is 0 Å². The van der Waals surface area contributed by atoms with Crippen LogP contribution in [0.4, 0.5) is 11.4 Å². The Labute approximate surface area is 609 Å². The predicted octanol–water partition coefficient (Wildman–Crippen LogP) is 27.1. The highest BCUT2D eigenvalue weighted by atomic mass is 15.2. The van der Waals surface area contributed by atoms with Crippen LogP contribution in [0.15, 0.2) is 208 Å². The summed E-state index contributed by atoms with van der Waals surface area (Å²) in [6.07, 6.45) is 39.5. The Kier molecular flexibility index (Phi) is 19.3. The van der Waals surface area contributed by atoms with Crippen molar-refractivity contribution in [2.45, 2.75) is 205 Å².